The van der Waals surface area contributed by atoms with Gasteiger partial charge in [0.05, 0.1) is 6.61 Å². The van der Waals surface area contributed by atoms with Crippen molar-refractivity contribution in [2.45, 2.75) is 103 Å². The lowest BCUT2D eigenvalue weighted by Gasteiger charge is -2.27. The van der Waals surface area contributed by atoms with Crippen molar-refractivity contribution in [1.29, 1.82) is 0 Å². The highest BCUT2D eigenvalue weighted by atomic mass is 16.5. The molecule has 0 radical (unpaired) electrons. The minimum absolute atomic E-state index is 0.521. The number of nitrogens with zero attached hydrogens (tertiary/aromatic N) is 2. The summed E-state index contributed by atoms with van der Waals surface area (Å²) in [5.41, 5.74) is 2.71. The first-order valence-electron chi connectivity index (χ1n) is 12.8. The van der Waals surface area contributed by atoms with Crippen LogP contribution >= 0.6 is 0 Å². The van der Waals surface area contributed by atoms with Crippen molar-refractivity contribution in [2.24, 2.45) is 5.92 Å². The predicted octanol–water partition coefficient (Wildman–Crippen LogP) is 7.68. The van der Waals surface area contributed by atoms with E-state index in [0.717, 1.165) is 24.6 Å². The number of aromatic nitrogens is 2. The Morgan fingerprint density at radius 3 is 2.03 bits per heavy atom. The maximum Gasteiger partial charge on any atom is 0.131 e. The van der Waals surface area contributed by atoms with Crippen LogP contribution in [0.25, 0.3) is 0 Å². The second-order valence-electron chi connectivity index (χ2n) is 9.39. The van der Waals surface area contributed by atoms with Crippen LogP contribution in [0.2, 0.25) is 0 Å². The molecule has 0 unspecified atom stereocenters. The molecule has 1 heterocycles. The van der Waals surface area contributed by atoms with Crippen LogP contribution < -0.4 is 4.74 Å². The fourth-order valence-corrected chi connectivity index (χ4v) is 4.59. The van der Waals surface area contributed by atoms with E-state index in [-0.39, 0.29) is 0 Å². The Hall–Kier alpha value is -1.90. The van der Waals surface area contributed by atoms with Gasteiger partial charge in [-0.3, -0.25) is 0 Å². The Bertz CT molecular complexity index is 718. The number of hydrogen-bond acceptors (Lipinski definition) is 3. The van der Waals surface area contributed by atoms with Crippen LogP contribution in [0, 0.1) is 5.92 Å². The number of aryl methyl sites for hydroxylation is 2. The molecule has 0 N–H and O–H groups in total. The van der Waals surface area contributed by atoms with Crippen LogP contribution in [0.4, 0.5) is 0 Å². The fourth-order valence-electron chi connectivity index (χ4n) is 4.59. The van der Waals surface area contributed by atoms with Crippen LogP contribution in [-0.4, -0.2) is 16.6 Å². The largest absolute Gasteiger partial charge is 0.493 e. The van der Waals surface area contributed by atoms with Crippen LogP contribution in [0.3, 0.4) is 0 Å². The van der Waals surface area contributed by atoms with Gasteiger partial charge in [-0.1, -0.05) is 58.1 Å². The third-order valence-corrected chi connectivity index (χ3v) is 6.73. The molecule has 3 rings (SSSR count). The van der Waals surface area contributed by atoms with Gasteiger partial charge in [0, 0.05) is 18.3 Å². The standard InChI is InChI=1S/C28H42N2O/c1-3-5-7-9-10-23-14-18-27(19-15-23)31-22-24-12-16-26(17-13-24)28-29-20-25(21-30-28)11-8-6-4-2/h14-15,18-21,24,26H,3-13,16-17,22H2,1-2H3. The van der Waals surface area contributed by atoms with Gasteiger partial charge >= 0.3 is 0 Å². The third kappa shape index (κ3) is 8.27. The van der Waals surface area contributed by atoms with E-state index in [1.54, 1.807) is 0 Å². The lowest BCUT2D eigenvalue weighted by atomic mass is 9.82. The molecular formula is C28H42N2O. The van der Waals surface area contributed by atoms with Crippen LogP contribution in [-0.2, 0) is 12.8 Å². The van der Waals surface area contributed by atoms with Gasteiger partial charge in [0.2, 0.25) is 0 Å². The van der Waals surface area contributed by atoms with Gasteiger partial charge in [-0.05, 0) is 80.5 Å². The molecular weight excluding hydrogens is 380 g/mol. The van der Waals surface area contributed by atoms with Crippen molar-refractivity contribution < 1.29 is 4.74 Å². The molecule has 1 aromatic carbocycles. The first-order valence-corrected chi connectivity index (χ1v) is 12.8. The van der Waals surface area contributed by atoms with E-state index in [9.17, 15) is 0 Å². The molecule has 0 bridgehead atoms. The Balaban J connectivity index is 1.35. The molecule has 1 aliphatic carbocycles. The molecule has 0 atom stereocenters. The number of unbranched alkanes of at least 4 members (excludes halogenated alkanes) is 5. The van der Waals surface area contributed by atoms with Crippen LogP contribution in [0.5, 0.6) is 5.75 Å². The van der Waals surface area contributed by atoms with Gasteiger partial charge in [-0.2, -0.15) is 0 Å². The van der Waals surface area contributed by atoms with Crippen molar-refractivity contribution in [3.63, 3.8) is 0 Å². The SMILES string of the molecule is CCCCCCc1ccc(OCC2CCC(c3ncc(CCCCC)cn3)CC2)cc1. The van der Waals surface area contributed by atoms with Crippen LogP contribution in [0.1, 0.15) is 107 Å². The summed E-state index contributed by atoms with van der Waals surface area (Å²) in [6, 6.07) is 8.77. The lowest BCUT2D eigenvalue weighted by molar-refractivity contribution is 0.198. The normalized spacial score (nSPS) is 18.8. The summed E-state index contributed by atoms with van der Waals surface area (Å²) in [6.45, 7) is 5.34. The monoisotopic (exact) mass is 422 g/mol. The van der Waals surface area contributed by atoms with Crippen molar-refractivity contribution in [1.82, 2.24) is 9.97 Å². The molecule has 1 saturated carbocycles. The van der Waals surface area contributed by atoms with Crippen molar-refractivity contribution in [3.8, 4) is 5.75 Å². The maximum atomic E-state index is 6.12. The van der Waals surface area contributed by atoms with Gasteiger partial charge in [0.25, 0.3) is 0 Å². The predicted molar refractivity (Wildman–Crippen MR) is 130 cm³/mol. The molecule has 3 nitrogen and oxygen atoms in total. The average Bonchev–Trinajstić information content (AvgIpc) is 2.82. The van der Waals surface area contributed by atoms with Crippen molar-refractivity contribution in [2.75, 3.05) is 6.61 Å². The Morgan fingerprint density at radius 1 is 0.742 bits per heavy atom. The summed E-state index contributed by atoms with van der Waals surface area (Å²) in [5.74, 6) is 3.24. The van der Waals surface area contributed by atoms with Gasteiger partial charge in [-0.15, -0.1) is 0 Å². The molecule has 0 aliphatic heterocycles. The van der Waals surface area contributed by atoms with E-state index in [4.69, 9.17) is 14.7 Å². The quantitative estimate of drug-likeness (QED) is 0.310. The maximum absolute atomic E-state index is 6.12. The summed E-state index contributed by atoms with van der Waals surface area (Å²) in [5, 5.41) is 0. The van der Waals surface area contributed by atoms with Crippen molar-refractivity contribution in [3.05, 3.63) is 53.6 Å². The number of benzene rings is 1. The minimum atomic E-state index is 0.521. The highest BCUT2D eigenvalue weighted by Crippen LogP contribution is 2.34. The van der Waals surface area contributed by atoms with Gasteiger partial charge < -0.3 is 4.74 Å². The molecule has 1 aromatic heterocycles. The van der Waals surface area contributed by atoms with E-state index in [1.807, 2.05) is 0 Å². The van der Waals surface area contributed by atoms with Gasteiger partial charge in [0.1, 0.15) is 11.6 Å². The first-order chi connectivity index (χ1) is 15.3. The molecule has 2 aromatic rings. The lowest BCUT2D eigenvalue weighted by Crippen LogP contribution is -2.20. The molecule has 0 spiro atoms. The molecule has 1 fully saturated rings. The summed E-state index contributed by atoms with van der Waals surface area (Å²) >= 11 is 0. The molecule has 31 heavy (non-hydrogen) atoms. The fraction of sp³-hybridized carbons (Fsp3) is 0.643. The second-order valence-corrected chi connectivity index (χ2v) is 9.39. The summed E-state index contributed by atoms with van der Waals surface area (Å²) in [7, 11) is 0. The molecule has 170 valence electrons. The molecule has 0 amide bonds. The molecule has 0 saturated heterocycles. The Kier molecular flexibility index (Phi) is 10.3. The van der Waals surface area contributed by atoms with E-state index in [1.165, 1.54) is 88.2 Å². The van der Waals surface area contributed by atoms with E-state index < -0.39 is 0 Å². The van der Waals surface area contributed by atoms with Gasteiger partial charge in [0.15, 0.2) is 0 Å². The highest BCUT2D eigenvalue weighted by molar-refractivity contribution is 5.27. The van der Waals surface area contributed by atoms with E-state index >= 15 is 0 Å². The summed E-state index contributed by atoms with van der Waals surface area (Å²) < 4.78 is 6.12. The number of rotatable bonds is 13. The average molecular weight is 423 g/mol. The molecule has 1 aliphatic rings. The second kappa shape index (κ2) is 13.5. The van der Waals surface area contributed by atoms with E-state index in [0.29, 0.717) is 11.8 Å². The Labute approximate surface area is 190 Å². The summed E-state index contributed by atoms with van der Waals surface area (Å²) in [6.07, 6.45) is 20.3. The zero-order chi connectivity index (χ0) is 21.7. The Morgan fingerprint density at radius 2 is 1.35 bits per heavy atom. The first kappa shape index (κ1) is 23.8. The zero-order valence-electron chi connectivity index (χ0n) is 19.8. The molecule has 3 heteroatoms. The smallest absolute Gasteiger partial charge is 0.131 e. The van der Waals surface area contributed by atoms with Crippen molar-refractivity contribution >= 4 is 0 Å². The summed E-state index contributed by atoms with van der Waals surface area (Å²) in [4.78, 5) is 9.39. The third-order valence-electron chi connectivity index (χ3n) is 6.73. The number of hydrogen-bond donors (Lipinski definition) is 0. The highest BCUT2D eigenvalue weighted by Gasteiger charge is 2.24. The van der Waals surface area contributed by atoms with Gasteiger partial charge in [-0.25, -0.2) is 9.97 Å². The zero-order valence-corrected chi connectivity index (χ0v) is 19.8. The van der Waals surface area contributed by atoms with E-state index in [2.05, 4.69) is 50.5 Å². The number of ether oxygens (including phenoxy) is 1. The topological polar surface area (TPSA) is 35.0 Å². The minimum Gasteiger partial charge on any atom is -0.493 e. The van der Waals surface area contributed by atoms with Crippen LogP contribution in [0.15, 0.2) is 36.7 Å².